The smallest absolute Gasteiger partial charge is 0.108 e. The molecule has 0 aliphatic carbocycles. The molecular weight excluding hydrogens is 223 g/mol. The van der Waals surface area contributed by atoms with Gasteiger partial charge in [0.1, 0.15) is 4.87 Å². The first-order chi connectivity index (χ1) is 6.50. The maximum atomic E-state index is 10.9. The van der Waals surface area contributed by atoms with E-state index in [4.69, 9.17) is 23.2 Å². The molecule has 0 heterocycles. The van der Waals surface area contributed by atoms with Crippen molar-refractivity contribution in [2.24, 2.45) is 0 Å². The van der Waals surface area contributed by atoms with Gasteiger partial charge in [-0.2, -0.15) is 0 Å². The highest BCUT2D eigenvalue weighted by atomic mass is 35.5. The predicted octanol–water partition coefficient (Wildman–Crippen LogP) is 1.93. The normalized spacial score (nSPS) is 14.8. The molecule has 0 aliphatic heterocycles. The quantitative estimate of drug-likeness (QED) is 0.747. The van der Waals surface area contributed by atoms with Crippen LogP contribution >= 0.6 is 23.2 Å². The van der Waals surface area contributed by atoms with Crippen LogP contribution in [0.3, 0.4) is 0 Å². The largest absolute Gasteiger partial charge is 0.548 e. The van der Waals surface area contributed by atoms with Gasteiger partial charge in [-0.1, -0.05) is 30.7 Å². The summed E-state index contributed by atoms with van der Waals surface area (Å²) in [5.74, 6) is -1.29. The number of carboxylic acids is 1. The van der Waals surface area contributed by atoms with Gasteiger partial charge < -0.3 is 9.90 Å². The number of carboxylic acid groups (broad SMARTS) is 1. The summed E-state index contributed by atoms with van der Waals surface area (Å²) in [4.78, 5) is 9.41. The van der Waals surface area contributed by atoms with Gasteiger partial charge in [-0.25, -0.2) is 0 Å². The lowest BCUT2D eigenvalue weighted by molar-refractivity contribution is -0.310. The zero-order valence-electron chi connectivity index (χ0n) is 7.59. The minimum atomic E-state index is -1.45. The molecular formula is C10H9Cl2O2-. The van der Waals surface area contributed by atoms with Crippen molar-refractivity contribution in [1.29, 1.82) is 0 Å². The zero-order valence-corrected chi connectivity index (χ0v) is 9.10. The van der Waals surface area contributed by atoms with Crippen molar-refractivity contribution >= 4 is 29.2 Å². The minimum absolute atomic E-state index is 0.262. The van der Waals surface area contributed by atoms with E-state index in [-0.39, 0.29) is 6.42 Å². The van der Waals surface area contributed by atoms with Crippen LogP contribution in [0.1, 0.15) is 18.9 Å². The van der Waals surface area contributed by atoms with E-state index in [0.29, 0.717) is 10.6 Å². The Balaban J connectivity index is 3.13. The highest BCUT2D eigenvalue weighted by molar-refractivity contribution is 6.33. The summed E-state index contributed by atoms with van der Waals surface area (Å²) in [6.45, 7) is 1.69. The molecule has 4 heteroatoms. The lowest BCUT2D eigenvalue weighted by atomic mass is 9.96. The van der Waals surface area contributed by atoms with Gasteiger partial charge in [-0.15, -0.1) is 11.6 Å². The Kier molecular flexibility index (Phi) is 3.40. The van der Waals surface area contributed by atoms with Crippen molar-refractivity contribution < 1.29 is 9.90 Å². The third kappa shape index (κ3) is 2.02. The Morgan fingerprint density at radius 3 is 2.29 bits per heavy atom. The molecule has 0 saturated carbocycles. The van der Waals surface area contributed by atoms with E-state index in [9.17, 15) is 9.90 Å². The molecule has 0 fully saturated rings. The molecule has 76 valence electrons. The number of hydrogen-bond acceptors (Lipinski definition) is 2. The lowest BCUT2D eigenvalue weighted by Crippen LogP contribution is -2.41. The van der Waals surface area contributed by atoms with E-state index in [2.05, 4.69) is 0 Å². The summed E-state index contributed by atoms with van der Waals surface area (Å²) in [6.07, 6.45) is 0.262. The van der Waals surface area contributed by atoms with E-state index in [0.717, 1.165) is 0 Å². The number of hydrogen-bond donors (Lipinski definition) is 0. The molecule has 0 saturated heterocycles. The molecule has 1 atom stereocenters. The molecule has 0 N–H and O–H groups in total. The van der Waals surface area contributed by atoms with E-state index >= 15 is 0 Å². The van der Waals surface area contributed by atoms with Crippen LogP contribution in [0, 0.1) is 0 Å². The fraction of sp³-hybridized carbons (Fsp3) is 0.300. The van der Waals surface area contributed by atoms with Crippen LogP contribution in [-0.4, -0.2) is 5.97 Å². The molecule has 1 aromatic rings. The topological polar surface area (TPSA) is 40.1 Å². The molecule has 1 aromatic carbocycles. The molecule has 14 heavy (non-hydrogen) atoms. The van der Waals surface area contributed by atoms with Gasteiger partial charge in [0.25, 0.3) is 0 Å². The van der Waals surface area contributed by atoms with Gasteiger partial charge in [0.15, 0.2) is 0 Å². The average molecular weight is 232 g/mol. The van der Waals surface area contributed by atoms with E-state index in [1.54, 1.807) is 31.2 Å². The number of carbonyl (C=O) groups excluding carboxylic acids is 1. The Labute approximate surface area is 92.5 Å². The predicted molar refractivity (Wildman–Crippen MR) is 54.3 cm³/mol. The van der Waals surface area contributed by atoms with Crippen LogP contribution < -0.4 is 5.11 Å². The van der Waals surface area contributed by atoms with Gasteiger partial charge in [-0.05, 0) is 24.1 Å². The average Bonchev–Trinajstić information content (AvgIpc) is 2.17. The second-order valence-electron chi connectivity index (χ2n) is 2.95. The molecule has 0 spiro atoms. The molecule has 2 nitrogen and oxygen atoms in total. The van der Waals surface area contributed by atoms with Crippen molar-refractivity contribution in [3.63, 3.8) is 0 Å². The molecule has 0 amide bonds. The molecule has 1 rings (SSSR count). The summed E-state index contributed by atoms with van der Waals surface area (Å²) in [6, 6.07) is 6.39. The highest BCUT2D eigenvalue weighted by Crippen LogP contribution is 2.32. The second-order valence-corrected chi connectivity index (χ2v) is 4.03. The number of alkyl halides is 1. The Bertz CT molecular complexity index is 334. The van der Waals surface area contributed by atoms with Gasteiger partial charge in [0.2, 0.25) is 0 Å². The van der Waals surface area contributed by atoms with Gasteiger partial charge in [0, 0.05) is 5.02 Å². The summed E-state index contributed by atoms with van der Waals surface area (Å²) < 4.78 is 0. The van der Waals surface area contributed by atoms with Gasteiger partial charge >= 0.3 is 0 Å². The van der Waals surface area contributed by atoms with Gasteiger partial charge in [0.05, 0.1) is 5.97 Å². The summed E-state index contributed by atoms with van der Waals surface area (Å²) in [5, 5.41) is 11.4. The van der Waals surface area contributed by atoms with Crippen LogP contribution in [0.2, 0.25) is 5.02 Å². The van der Waals surface area contributed by atoms with Crippen LogP contribution in [-0.2, 0) is 9.67 Å². The van der Waals surface area contributed by atoms with Crippen molar-refractivity contribution in [3.05, 3.63) is 34.9 Å². The molecule has 0 bridgehead atoms. The number of halogens is 2. The third-order valence-corrected chi connectivity index (χ3v) is 3.00. The maximum Gasteiger partial charge on any atom is 0.108 e. The minimum Gasteiger partial charge on any atom is -0.548 e. The number of aliphatic carboxylic acids is 1. The van der Waals surface area contributed by atoms with Crippen LogP contribution in [0.4, 0.5) is 0 Å². The highest BCUT2D eigenvalue weighted by Gasteiger charge is 2.28. The Morgan fingerprint density at radius 2 is 1.93 bits per heavy atom. The molecule has 0 aliphatic rings. The number of carbonyl (C=O) groups is 1. The van der Waals surface area contributed by atoms with Gasteiger partial charge in [-0.3, -0.25) is 0 Å². The van der Waals surface area contributed by atoms with Crippen LogP contribution in [0.15, 0.2) is 24.3 Å². The second kappa shape index (κ2) is 4.20. The number of rotatable bonds is 3. The van der Waals surface area contributed by atoms with Crippen LogP contribution in [0.5, 0.6) is 0 Å². The van der Waals surface area contributed by atoms with Crippen molar-refractivity contribution in [1.82, 2.24) is 0 Å². The standard InChI is InChI=1S/C10H10Cl2O2/c1-2-10(12,9(13)14)7-3-5-8(11)6-4-7/h3-6H,2H2,1H3,(H,13,14)/p-1. The van der Waals surface area contributed by atoms with Crippen molar-refractivity contribution in [2.45, 2.75) is 18.2 Å². The van der Waals surface area contributed by atoms with E-state index in [1.807, 2.05) is 0 Å². The first-order valence-electron chi connectivity index (χ1n) is 4.17. The molecule has 0 radical (unpaired) electrons. The van der Waals surface area contributed by atoms with Crippen molar-refractivity contribution in [2.75, 3.05) is 0 Å². The summed E-state index contributed by atoms with van der Waals surface area (Å²) in [5.41, 5.74) is 0.492. The first-order valence-corrected chi connectivity index (χ1v) is 4.92. The summed E-state index contributed by atoms with van der Waals surface area (Å²) in [7, 11) is 0. The Hall–Kier alpha value is -0.730. The van der Waals surface area contributed by atoms with E-state index < -0.39 is 10.8 Å². The SMILES string of the molecule is CCC(Cl)(C(=O)[O-])c1ccc(Cl)cc1. The third-order valence-electron chi connectivity index (χ3n) is 2.11. The Morgan fingerprint density at radius 1 is 1.43 bits per heavy atom. The monoisotopic (exact) mass is 231 g/mol. The lowest BCUT2D eigenvalue weighted by Gasteiger charge is -2.27. The van der Waals surface area contributed by atoms with Crippen LogP contribution in [0.25, 0.3) is 0 Å². The zero-order chi connectivity index (χ0) is 10.8. The van der Waals surface area contributed by atoms with Crippen molar-refractivity contribution in [3.8, 4) is 0 Å². The molecule has 1 unspecified atom stereocenters. The molecule has 0 aromatic heterocycles. The fourth-order valence-electron chi connectivity index (χ4n) is 1.18. The maximum absolute atomic E-state index is 10.9. The fourth-order valence-corrected chi connectivity index (χ4v) is 1.43. The van der Waals surface area contributed by atoms with E-state index in [1.165, 1.54) is 0 Å². The summed E-state index contributed by atoms with van der Waals surface area (Å²) >= 11 is 11.6. The number of benzene rings is 1. The first kappa shape index (κ1) is 11.3.